The number of hydrogen-bond donors (Lipinski definition) is 1. The van der Waals surface area contributed by atoms with Crippen molar-refractivity contribution in [2.24, 2.45) is 0 Å². The maximum atomic E-state index is 12.7. The van der Waals surface area contributed by atoms with Crippen LogP contribution >= 0.6 is 0 Å². The SMILES string of the molecule is CC1CN(S(=O)(=O)c2cn3c(n2)CCCC3)CC(C)N1. The fourth-order valence-corrected chi connectivity index (χ4v) is 4.70. The highest BCUT2D eigenvalue weighted by atomic mass is 32.2. The summed E-state index contributed by atoms with van der Waals surface area (Å²) in [7, 11) is -3.46. The van der Waals surface area contributed by atoms with Gasteiger partial charge in [0.2, 0.25) is 0 Å². The van der Waals surface area contributed by atoms with Gasteiger partial charge in [0.05, 0.1) is 0 Å². The Labute approximate surface area is 120 Å². The summed E-state index contributed by atoms with van der Waals surface area (Å²) < 4.78 is 29.0. The zero-order valence-electron chi connectivity index (χ0n) is 12.0. The fraction of sp³-hybridized carbons (Fsp3) is 0.769. The smallest absolute Gasteiger partial charge is 0.262 e. The van der Waals surface area contributed by atoms with Gasteiger partial charge in [-0.2, -0.15) is 4.31 Å². The van der Waals surface area contributed by atoms with E-state index in [1.807, 2.05) is 18.4 Å². The molecule has 0 radical (unpaired) electrons. The maximum absolute atomic E-state index is 12.7. The van der Waals surface area contributed by atoms with Crippen LogP contribution < -0.4 is 5.32 Å². The monoisotopic (exact) mass is 298 g/mol. The predicted molar refractivity (Wildman–Crippen MR) is 76.0 cm³/mol. The quantitative estimate of drug-likeness (QED) is 0.868. The Kier molecular flexibility index (Phi) is 3.60. The minimum Gasteiger partial charge on any atom is -0.333 e. The van der Waals surface area contributed by atoms with Crippen molar-refractivity contribution >= 4 is 10.0 Å². The largest absolute Gasteiger partial charge is 0.333 e. The number of imidazole rings is 1. The number of aromatic nitrogens is 2. The van der Waals surface area contributed by atoms with Crippen LogP contribution in [0.5, 0.6) is 0 Å². The van der Waals surface area contributed by atoms with Crippen molar-refractivity contribution in [3.05, 3.63) is 12.0 Å². The van der Waals surface area contributed by atoms with Gasteiger partial charge in [0, 0.05) is 44.3 Å². The highest BCUT2D eigenvalue weighted by Gasteiger charge is 2.33. The number of nitrogens with one attached hydrogen (secondary N) is 1. The first-order valence-electron chi connectivity index (χ1n) is 7.29. The minimum atomic E-state index is -3.46. The molecule has 0 aliphatic carbocycles. The zero-order chi connectivity index (χ0) is 14.3. The van der Waals surface area contributed by atoms with E-state index in [-0.39, 0.29) is 17.1 Å². The van der Waals surface area contributed by atoms with Crippen molar-refractivity contribution in [1.29, 1.82) is 0 Å². The molecule has 20 heavy (non-hydrogen) atoms. The number of rotatable bonds is 2. The second kappa shape index (κ2) is 5.13. The van der Waals surface area contributed by atoms with Gasteiger partial charge in [-0.15, -0.1) is 0 Å². The van der Waals surface area contributed by atoms with Crippen LogP contribution in [0.15, 0.2) is 11.2 Å². The van der Waals surface area contributed by atoms with Crippen LogP contribution in [0.1, 0.15) is 32.5 Å². The third kappa shape index (κ3) is 2.49. The van der Waals surface area contributed by atoms with E-state index >= 15 is 0 Å². The second-order valence-electron chi connectivity index (χ2n) is 5.94. The van der Waals surface area contributed by atoms with Crippen molar-refractivity contribution in [2.45, 2.75) is 56.8 Å². The van der Waals surface area contributed by atoms with Crippen LogP contribution in [0.25, 0.3) is 0 Å². The van der Waals surface area contributed by atoms with Crippen LogP contribution in [0.4, 0.5) is 0 Å². The van der Waals surface area contributed by atoms with Crippen LogP contribution in [0.3, 0.4) is 0 Å². The van der Waals surface area contributed by atoms with Crippen LogP contribution in [0, 0.1) is 0 Å². The van der Waals surface area contributed by atoms with E-state index in [4.69, 9.17) is 0 Å². The Balaban J connectivity index is 1.89. The van der Waals surface area contributed by atoms with Gasteiger partial charge in [0.15, 0.2) is 5.03 Å². The van der Waals surface area contributed by atoms with Crippen LogP contribution in [-0.4, -0.2) is 47.4 Å². The Morgan fingerprint density at radius 3 is 2.60 bits per heavy atom. The van der Waals surface area contributed by atoms with Gasteiger partial charge in [-0.3, -0.25) is 0 Å². The van der Waals surface area contributed by atoms with E-state index in [9.17, 15) is 8.42 Å². The summed E-state index contributed by atoms with van der Waals surface area (Å²) >= 11 is 0. The van der Waals surface area contributed by atoms with Crippen molar-refractivity contribution in [3.63, 3.8) is 0 Å². The molecule has 0 bridgehead atoms. The summed E-state index contributed by atoms with van der Waals surface area (Å²) in [6.07, 6.45) is 4.79. The first-order valence-corrected chi connectivity index (χ1v) is 8.73. The van der Waals surface area contributed by atoms with Gasteiger partial charge < -0.3 is 9.88 Å². The molecule has 2 atom stereocenters. The lowest BCUT2D eigenvalue weighted by Gasteiger charge is -2.34. The van der Waals surface area contributed by atoms with E-state index in [1.165, 1.54) is 0 Å². The molecule has 1 saturated heterocycles. The molecule has 0 amide bonds. The topological polar surface area (TPSA) is 67.2 Å². The molecule has 0 spiro atoms. The summed E-state index contributed by atoms with van der Waals surface area (Å²) in [5.41, 5.74) is 0. The lowest BCUT2D eigenvalue weighted by Crippen LogP contribution is -2.55. The molecule has 2 aliphatic heterocycles. The standard InChI is InChI=1S/C13H22N4O2S/c1-10-7-17(8-11(2)14-10)20(18,19)13-9-16-6-4-3-5-12(16)15-13/h9-11,14H,3-8H2,1-2H3. The lowest BCUT2D eigenvalue weighted by molar-refractivity contribution is 0.262. The summed E-state index contributed by atoms with van der Waals surface area (Å²) in [6.45, 7) is 5.92. The Morgan fingerprint density at radius 2 is 1.95 bits per heavy atom. The van der Waals surface area contributed by atoms with Gasteiger partial charge >= 0.3 is 0 Å². The Hall–Kier alpha value is -0.920. The van der Waals surface area contributed by atoms with Gasteiger partial charge in [-0.1, -0.05) is 0 Å². The van der Waals surface area contributed by atoms with Crippen molar-refractivity contribution in [3.8, 4) is 0 Å². The number of nitrogens with zero attached hydrogens (tertiary/aromatic N) is 3. The molecule has 7 heteroatoms. The third-order valence-electron chi connectivity index (χ3n) is 4.01. The highest BCUT2D eigenvalue weighted by molar-refractivity contribution is 7.89. The first-order chi connectivity index (χ1) is 9.46. The molecule has 0 aromatic carbocycles. The van der Waals surface area contributed by atoms with Crippen molar-refractivity contribution in [1.82, 2.24) is 19.2 Å². The van der Waals surface area contributed by atoms with Gasteiger partial charge in [0.25, 0.3) is 10.0 Å². The van der Waals surface area contributed by atoms with Crippen molar-refractivity contribution in [2.75, 3.05) is 13.1 Å². The second-order valence-corrected chi connectivity index (χ2v) is 7.82. The molecular formula is C13H22N4O2S. The third-order valence-corrected chi connectivity index (χ3v) is 5.72. The molecule has 3 rings (SSSR count). The lowest BCUT2D eigenvalue weighted by atomic mass is 10.2. The molecule has 2 aliphatic rings. The molecule has 6 nitrogen and oxygen atoms in total. The average Bonchev–Trinajstić information content (AvgIpc) is 2.82. The number of fused-ring (bicyclic) bond motifs is 1. The van der Waals surface area contributed by atoms with E-state index < -0.39 is 10.0 Å². The summed E-state index contributed by atoms with van der Waals surface area (Å²) in [4.78, 5) is 4.36. The van der Waals surface area contributed by atoms with Gasteiger partial charge in [-0.25, -0.2) is 13.4 Å². The van der Waals surface area contributed by atoms with E-state index in [1.54, 1.807) is 10.5 Å². The van der Waals surface area contributed by atoms with Crippen molar-refractivity contribution < 1.29 is 8.42 Å². The van der Waals surface area contributed by atoms with Gasteiger partial charge in [0.1, 0.15) is 5.82 Å². The Morgan fingerprint density at radius 1 is 1.25 bits per heavy atom. The van der Waals surface area contributed by atoms with Crippen LogP contribution in [-0.2, 0) is 23.0 Å². The molecule has 1 N–H and O–H groups in total. The molecule has 3 heterocycles. The molecule has 1 fully saturated rings. The predicted octanol–water partition coefficient (Wildman–Crippen LogP) is 0.590. The fourth-order valence-electron chi connectivity index (χ4n) is 3.12. The highest BCUT2D eigenvalue weighted by Crippen LogP contribution is 2.21. The zero-order valence-corrected chi connectivity index (χ0v) is 12.9. The maximum Gasteiger partial charge on any atom is 0.262 e. The van der Waals surface area contributed by atoms with Crippen LogP contribution in [0.2, 0.25) is 0 Å². The normalized spacial score (nSPS) is 28.3. The molecule has 112 valence electrons. The number of sulfonamides is 1. The number of aryl methyl sites for hydroxylation is 2. The number of piperazine rings is 1. The van der Waals surface area contributed by atoms with Gasteiger partial charge in [-0.05, 0) is 26.7 Å². The average molecular weight is 298 g/mol. The molecular weight excluding hydrogens is 276 g/mol. The Bertz CT molecular complexity index is 562. The molecule has 0 saturated carbocycles. The number of hydrogen-bond acceptors (Lipinski definition) is 4. The van der Waals surface area contributed by atoms with E-state index in [2.05, 4.69) is 10.3 Å². The first kappa shape index (κ1) is 14.0. The molecule has 2 unspecified atom stereocenters. The van der Waals surface area contributed by atoms with E-state index in [0.717, 1.165) is 31.6 Å². The summed E-state index contributed by atoms with van der Waals surface area (Å²) in [6, 6.07) is 0.344. The minimum absolute atomic E-state index is 0.172. The summed E-state index contributed by atoms with van der Waals surface area (Å²) in [5, 5.41) is 3.57. The molecule has 1 aromatic rings. The molecule has 1 aromatic heterocycles. The van der Waals surface area contributed by atoms with E-state index in [0.29, 0.717) is 13.1 Å². The summed E-state index contributed by atoms with van der Waals surface area (Å²) in [5.74, 6) is 0.908.